The Labute approximate surface area is 178 Å². The van der Waals surface area contributed by atoms with Gasteiger partial charge in [-0.1, -0.05) is 23.8 Å². The molecule has 1 N–H and O–H groups in total. The van der Waals surface area contributed by atoms with Crippen LogP contribution >= 0.6 is 22.7 Å². The maximum atomic E-state index is 13.3. The van der Waals surface area contributed by atoms with Crippen LogP contribution in [0.1, 0.15) is 36.9 Å². The van der Waals surface area contributed by atoms with Crippen LogP contribution < -0.4 is 5.32 Å². The van der Waals surface area contributed by atoms with Gasteiger partial charge in [0.15, 0.2) is 5.13 Å². The number of hydrogen-bond donors (Lipinski definition) is 1. The van der Waals surface area contributed by atoms with Crippen LogP contribution in [0.4, 0.5) is 5.13 Å². The number of amides is 1. The molecule has 152 valence electrons. The van der Waals surface area contributed by atoms with Crippen LogP contribution in [0.25, 0.3) is 0 Å². The van der Waals surface area contributed by atoms with Crippen LogP contribution in [-0.2, 0) is 23.0 Å². The molecule has 3 heterocycles. The van der Waals surface area contributed by atoms with Gasteiger partial charge in [0.25, 0.3) is 5.91 Å². The van der Waals surface area contributed by atoms with Crippen molar-refractivity contribution < 1.29 is 13.2 Å². The molecule has 29 heavy (non-hydrogen) atoms. The first-order valence-corrected chi connectivity index (χ1v) is 12.3. The van der Waals surface area contributed by atoms with Crippen molar-refractivity contribution in [2.45, 2.75) is 38.6 Å². The smallest absolute Gasteiger partial charge is 0.267 e. The highest BCUT2D eigenvalue weighted by molar-refractivity contribution is 7.89. The van der Waals surface area contributed by atoms with E-state index >= 15 is 0 Å². The van der Waals surface area contributed by atoms with Crippen molar-refractivity contribution in [1.82, 2.24) is 9.29 Å². The van der Waals surface area contributed by atoms with E-state index in [1.165, 1.54) is 27.0 Å². The van der Waals surface area contributed by atoms with Gasteiger partial charge in [-0.15, -0.1) is 22.7 Å². The Morgan fingerprint density at radius 1 is 1.21 bits per heavy atom. The fourth-order valence-electron chi connectivity index (χ4n) is 3.70. The third kappa shape index (κ3) is 3.87. The van der Waals surface area contributed by atoms with E-state index in [1.807, 2.05) is 44.4 Å². The van der Waals surface area contributed by atoms with E-state index in [-0.39, 0.29) is 12.5 Å². The number of fused-ring (bicyclic) bond motifs is 1. The molecule has 3 aromatic rings. The van der Waals surface area contributed by atoms with Crippen molar-refractivity contribution in [2.75, 3.05) is 11.9 Å². The third-order valence-electron chi connectivity index (χ3n) is 4.86. The molecule has 6 nitrogen and oxygen atoms in total. The number of hydrogen-bond acceptors (Lipinski definition) is 6. The number of nitrogens with one attached hydrogen (secondary N) is 1. The summed E-state index contributed by atoms with van der Waals surface area (Å²) >= 11 is 2.71. The van der Waals surface area contributed by atoms with Gasteiger partial charge < -0.3 is 0 Å². The number of thiazole rings is 1. The molecule has 0 radical (unpaired) electrons. The van der Waals surface area contributed by atoms with Gasteiger partial charge in [0.1, 0.15) is 0 Å². The van der Waals surface area contributed by atoms with Gasteiger partial charge in [0.2, 0.25) is 10.0 Å². The SMILES string of the molecule is Cc1cc(C)c(S(=O)(=O)N2CCc3nc(NC(=O)c4cccs4)sc3C2)c(C)c1. The molecule has 0 spiro atoms. The third-order valence-corrected chi connectivity index (χ3v) is 8.88. The second kappa shape index (κ2) is 7.64. The number of carbonyl (C=O) groups is 1. The van der Waals surface area contributed by atoms with Crippen LogP contribution in [-0.4, -0.2) is 30.2 Å². The average Bonchev–Trinajstić information content (AvgIpc) is 3.29. The maximum Gasteiger partial charge on any atom is 0.267 e. The van der Waals surface area contributed by atoms with E-state index in [9.17, 15) is 13.2 Å². The summed E-state index contributed by atoms with van der Waals surface area (Å²) in [6, 6.07) is 7.39. The Kier molecular flexibility index (Phi) is 5.32. The van der Waals surface area contributed by atoms with Gasteiger partial charge in [0.05, 0.1) is 22.0 Å². The van der Waals surface area contributed by atoms with E-state index in [4.69, 9.17) is 0 Å². The van der Waals surface area contributed by atoms with E-state index in [2.05, 4.69) is 10.3 Å². The lowest BCUT2D eigenvalue weighted by Crippen LogP contribution is -2.36. The molecule has 1 aliphatic heterocycles. The summed E-state index contributed by atoms with van der Waals surface area (Å²) < 4.78 is 28.2. The van der Waals surface area contributed by atoms with Crippen molar-refractivity contribution in [3.63, 3.8) is 0 Å². The standard InChI is InChI=1S/C20H21N3O3S3/c1-12-9-13(2)18(14(3)10-12)29(25,26)23-7-6-15-17(11-23)28-20(21-15)22-19(24)16-5-4-8-27-16/h4-5,8-10H,6-7,11H2,1-3H3,(H,21,22,24). The van der Waals surface area contributed by atoms with Crippen molar-refractivity contribution in [1.29, 1.82) is 0 Å². The predicted molar refractivity (Wildman–Crippen MR) is 116 cm³/mol. The largest absolute Gasteiger partial charge is 0.297 e. The Balaban J connectivity index is 1.57. The van der Waals surface area contributed by atoms with E-state index in [0.29, 0.717) is 27.9 Å². The minimum absolute atomic E-state index is 0.193. The molecule has 1 aliphatic rings. The normalized spacial score (nSPS) is 14.6. The molecule has 0 fully saturated rings. The molecule has 0 unspecified atom stereocenters. The van der Waals surface area contributed by atoms with Crippen LogP contribution in [0.2, 0.25) is 0 Å². The highest BCUT2D eigenvalue weighted by atomic mass is 32.2. The van der Waals surface area contributed by atoms with E-state index in [0.717, 1.165) is 27.3 Å². The number of sulfonamides is 1. The minimum Gasteiger partial charge on any atom is -0.297 e. The number of benzene rings is 1. The predicted octanol–water partition coefficient (Wildman–Crippen LogP) is 4.13. The number of anilines is 1. The summed E-state index contributed by atoms with van der Waals surface area (Å²) in [5, 5.41) is 5.18. The number of aromatic nitrogens is 1. The summed E-state index contributed by atoms with van der Waals surface area (Å²) in [5.41, 5.74) is 3.44. The number of rotatable bonds is 4. The van der Waals surface area contributed by atoms with Crippen molar-refractivity contribution in [3.8, 4) is 0 Å². The average molecular weight is 448 g/mol. The molecule has 0 aliphatic carbocycles. The molecule has 2 aromatic heterocycles. The van der Waals surface area contributed by atoms with Crippen LogP contribution in [0, 0.1) is 20.8 Å². The molecule has 1 amide bonds. The van der Waals surface area contributed by atoms with Crippen molar-refractivity contribution in [2.24, 2.45) is 0 Å². The summed E-state index contributed by atoms with van der Waals surface area (Å²) in [6.45, 7) is 6.30. The molecular formula is C20H21N3O3S3. The zero-order valence-electron chi connectivity index (χ0n) is 16.4. The summed E-state index contributed by atoms with van der Waals surface area (Å²) in [5.74, 6) is -0.193. The van der Waals surface area contributed by atoms with E-state index < -0.39 is 10.0 Å². The monoisotopic (exact) mass is 447 g/mol. The van der Waals surface area contributed by atoms with Gasteiger partial charge in [0, 0.05) is 17.8 Å². The summed E-state index contributed by atoms with van der Waals surface area (Å²) in [7, 11) is -3.61. The Bertz CT molecular complexity index is 1160. The molecule has 4 rings (SSSR count). The van der Waals surface area contributed by atoms with Gasteiger partial charge >= 0.3 is 0 Å². The van der Waals surface area contributed by atoms with Gasteiger partial charge in [-0.2, -0.15) is 4.31 Å². The Hall–Kier alpha value is -2.07. The number of carbonyl (C=O) groups excluding carboxylic acids is 1. The fourth-order valence-corrected chi connectivity index (χ4v) is 7.24. The molecule has 0 saturated carbocycles. The Morgan fingerprint density at radius 2 is 1.93 bits per heavy atom. The molecular weight excluding hydrogens is 426 g/mol. The fraction of sp³-hybridized carbons (Fsp3) is 0.300. The van der Waals surface area contributed by atoms with Crippen molar-refractivity contribution in [3.05, 3.63) is 61.8 Å². The van der Waals surface area contributed by atoms with Crippen LogP contribution in [0.5, 0.6) is 0 Å². The molecule has 1 aromatic carbocycles. The van der Waals surface area contributed by atoms with Crippen LogP contribution in [0.3, 0.4) is 0 Å². The van der Waals surface area contributed by atoms with Crippen LogP contribution in [0.15, 0.2) is 34.5 Å². The Morgan fingerprint density at radius 3 is 2.59 bits per heavy atom. The van der Waals surface area contributed by atoms with Gasteiger partial charge in [-0.3, -0.25) is 10.1 Å². The zero-order chi connectivity index (χ0) is 20.8. The number of nitrogens with zero attached hydrogens (tertiary/aromatic N) is 2. The van der Waals surface area contributed by atoms with Gasteiger partial charge in [-0.25, -0.2) is 13.4 Å². The molecule has 0 bridgehead atoms. The first-order valence-electron chi connectivity index (χ1n) is 9.17. The highest BCUT2D eigenvalue weighted by Gasteiger charge is 2.32. The topological polar surface area (TPSA) is 79.4 Å². The molecule has 0 atom stereocenters. The van der Waals surface area contributed by atoms with Gasteiger partial charge in [-0.05, 0) is 43.3 Å². The molecule has 9 heteroatoms. The second-order valence-electron chi connectivity index (χ2n) is 7.14. The quantitative estimate of drug-likeness (QED) is 0.652. The lowest BCUT2D eigenvalue weighted by atomic mass is 10.1. The van der Waals surface area contributed by atoms with Crippen molar-refractivity contribution >= 4 is 43.7 Å². The molecule has 0 saturated heterocycles. The summed E-state index contributed by atoms with van der Waals surface area (Å²) in [4.78, 5) is 18.7. The highest BCUT2D eigenvalue weighted by Crippen LogP contribution is 2.33. The maximum absolute atomic E-state index is 13.3. The zero-order valence-corrected chi connectivity index (χ0v) is 18.8. The first-order chi connectivity index (χ1) is 13.8. The summed E-state index contributed by atoms with van der Waals surface area (Å²) in [6.07, 6.45) is 0.532. The minimum atomic E-state index is -3.61. The van der Waals surface area contributed by atoms with E-state index in [1.54, 1.807) is 6.07 Å². The first kappa shape index (κ1) is 20.2. The lowest BCUT2D eigenvalue weighted by Gasteiger charge is -2.27. The number of aryl methyl sites for hydroxylation is 3. The second-order valence-corrected chi connectivity index (χ2v) is 11.0. The number of thiophene rings is 1. The lowest BCUT2D eigenvalue weighted by molar-refractivity contribution is 0.103.